The van der Waals surface area contributed by atoms with Gasteiger partial charge in [0.1, 0.15) is 18.1 Å². The van der Waals surface area contributed by atoms with Crippen LogP contribution in [-0.2, 0) is 33.6 Å². The molecule has 4 unspecified atom stereocenters. The molecule has 0 spiro atoms. The summed E-state index contributed by atoms with van der Waals surface area (Å²) in [6, 6.07) is -5.66. The molecule has 0 aromatic rings. The van der Waals surface area contributed by atoms with E-state index in [0.717, 1.165) is 0 Å². The van der Waals surface area contributed by atoms with E-state index in [1.165, 1.54) is 6.92 Å². The van der Waals surface area contributed by atoms with Crippen LogP contribution in [0.4, 0.5) is 0 Å². The molecule has 0 aromatic heterocycles. The largest absolute Gasteiger partial charge is 0.481 e. The fourth-order valence-corrected chi connectivity index (χ4v) is 2.45. The summed E-state index contributed by atoms with van der Waals surface area (Å²) in [7, 11) is 0. The predicted molar refractivity (Wildman–Crippen MR) is 108 cm³/mol. The second kappa shape index (κ2) is 14.3. The number of carboxylic acids is 4. The molecule has 9 N–H and O–H groups in total. The molecule has 4 atom stereocenters. The zero-order valence-electron chi connectivity index (χ0n) is 17.8. The maximum atomic E-state index is 12.6. The predicted octanol–water partition coefficient (Wildman–Crippen LogP) is -2.53. The summed E-state index contributed by atoms with van der Waals surface area (Å²) < 4.78 is 0. The first-order valence-electron chi connectivity index (χ1n) is 9.79. The van der Waals surface area contributed by atoms with Crippen LogP contribution in [0.5, 0.6) is 0 Å². The number of hydrogen-bond acceptors (Lipinski definition) is 8. The molecule has 0 bridgehead atoms. The van der Waals surface area contributed by atoms with Crippen LogP contribution in [0.25, 0.3) is 0 Å². The summed E-state index contributed by atoms with van der Waals surface area (Å²) in [5, 5.41) is 42.1. The van der Waals surface area contributed by atoms with E-state index in [9.17, 15) is 38.7 Å². The van der Waals surface area contributed by atoms with Crippen molar-refractivity contribution in [2.75, 3.05) is 0 Å². The maximum absolute atomic E-state index is 12.6. The molecule has 15 heteroatoms. The molecular formula is C18H28N4O11. The fraction of sp³-hybridized carbons (Fsp3) is 0.611. The second-order valence-electron chi connectivity index (χ2n) is 7.11. The highest BCUT2D eigenvalue weighted by molar-refractivity contribution is 5.94. The minimum Gasteiger partial charge on any atom is -0.481 e. The van der Waals surface area contributed by atoms with E-state index in [-0.39, 0.29) is 6.42 Å². The lowest BCUT2D eigenvalue weighted by Crippen LogP contribution is -2.57. The second-order valence-corrected chi connectivity index (χ2v) is 7.11. The molecule has 0 aliphatic carbocycles. The summed E-state index contributed by atoms with van der Waals surface area (Å²) in [6.07, 6.45) is -3.02. The van der Waals surface area contributed by atoms with E-state index in [1.807, 2.05) is 5.32 Å². The Labute approximate surface area is 187 Å². The number of nitrogens with two attached hydrogens (primary N) is 1. The van der Waals surface area contributed by atoms with Gasteiger partial charge >= 0.3 is 23.9 Å². The highest BCUT2D eigenvalue weighted by Crippen LogP contribution is 2.06. The van der Waals surface area contributed by atoms with Gasteiger partial charge in [0, 0.05) is 19.3 Å². The van der Waals surface area contributed by atoms with Crippen molar-refractivity contribution in [1.29, 1.82) is 0 Å². The Morgan fingerprint density at radius 3 is 1.21 bits per heavy atom. The van der Waals surface area contributed by atoms with Gasteiger partial charge in [-0.25, -0.2) is 4.79 Å². The highest BCUT2D eigenvalue weighted by Gasteiger charge is 2.30. The van der Waals surface area contributed by atoms with E-state index in [4.69, 9.17) is 21.1 Å². The van der Waals surface area contributed by atoms with E-state index >= 15 is 0 Å². The molecule has 0 aliphatic heterocycles. The Morgan fingerprint density at radius 1 is 0.606 bits per heavy atom. The smallest absolute Gasteiger partial charge is 0.326 e. The molecule has 0 aliphatic rings. The summed E-state index contributed by atoms with van der Waals surface area (Å²) in [4.78, 5) is 80.8. The first kappa shape index (κ1) is 29.2. The number of carbonyl (C=O) groups is 7. The average Bonchev–Trinajstić information content (AvgIpc) is 2.69. The number of aliphatic carboxylic acids is 4. The van der Waals surface area contributed by atoms with Gasteiger partial charge in [-0.15, -0.1) is 0 Å². The van der Waals surface area contributed by atoms with Crippen LogP contribution in [0.3, 0.4) is 0 Å². The Kier molecular flexibility index (Phi) is 12.7. The molecule has 0 saturated heterocycles. The van der Waals surface area contributed by atoms with Crippen LogP contribution in [0, 0.1) is 0 Å². The third kappa shape index (κ3) is 12.6. The SMILES string of the molecule is CC(N)C(=O)NC(CCC(=O)O)C(=O)NC(CCC(=O)O)C(=O)NC(CCC(=O)O)C(=O)O. The molecule has 33 heavy (non-hydrogen) atoms. The number of hydrogen-bond donors (Lipinski definition) is 8. The zero-order chi connectivity index (χ0) is 25.7. The lowest BCUT2D eigenvalue weighted by molar-refractivity contribution is -0.144. The number of nitrogens with one attached hydrogen (secondary N) is 3. The molecule has 0 rings (SSSR count). The number of rotatable bonds is 16. The van der Waals surface area contributed by atoms with Gasteiger partial charge in [-0.1, -0.05) is 0 Å². The third-order valence-corrected chi connectivity index (χ3v) is 4.23. The first-order valence-corrected chi connectivity index (χ1v) is 9.79. The van der Waals surface area contributed by atoms with Crippen LogP contribution in [0.15, 0.2) is 0 Å². The Bertz CT molecular complexity index is 768. The van der Waals surface area contributed by atoms with Gasteiger partial charge < -0.3 is 42.1 Å². The lowest BCUT2D eigenvalue weighted by Gasteiger charge is -2.24. The van der Waals surface area contributed by atoms with Crippen molar-refractivity contribution in [3.05, 3.63) is 0 Å². The van der Waals surface area contributed by atoms with E-state index in [1.54, 1.807) is 0 Å². The van der Waals surface area contributed by atoms with Crippen LogP contribution in [-0.4, -0.2) is 86.2 Å². The molecule has 3 amide bonds. The van der Waals surface area contributed by atoms with Crippen LogP contribution >= 0.6 is 0 Å². The zero-order valence-corrected chi connectivity index (χ0v) is 17.8. The van der Waals surface area contributed by atoms with Crippen LogP contribution in [0.1, 0.15) is 45.4 Å². The standard InChI is InChI=1S/C18H28N4O11/c1-8(19)15(29)20-9(2-5-12(23)24)16(30)21-10(3-6-13(25)26)17(31)22-11(18(32)33)4-7-14(27)28/h8-11H,2-7,19H2,1H3,(H,20,29)(H,21,30)(H,22,31)(H,23,24)(H,25,26)(H,27,28)(H,32,33). The van der Waals surface area contributed by atoms with E-state index in [0.29, 0.717) is 0 Å². The Morgan fingerprint density at radius 2 is 0.909 bits per heavy atom. The van der Waals surface area contributed by atoms with Crippen molar-refractivity contribution in [3.8, 4) is 0 Å². The van der Waals surface area contributed by atoms with Crippen molar-refractivity contribution in [2.45, 2.75) is 69.6 Å². The normalized spacial score (nSPS) is 14.1. The maximum Gasteiger partial charge on any atom is 0.326 e. The van der Waals surface area contributed by atoms with Gasteiger partial charge in [-0.05, 0) is 26.2 Å². The van der Waals surface area contributed by atoms with Gasteiger partial charge in [0.25, 0.3) is 0 Å². The van der Waals surface area contributed by atoms with Gasteiger partial charge in [0.2, 0.25) is 17.7 Å². The number of carbonyl (C=O) groups excluding carboxylic acids is 3. The summed E-state index contributed by atoms with van der Waals surface area (Å²) in [6.45, 7) is 1.31. The van der Waals surface area contributed by atoms with Crippen LogP contribution < -0.4 is 21.7 Å². The minimum atomic E-state index is -1.63. The summed E-state index contributed by atoms with van der Waals surface area (Å²) in [5.74, 6) is -8.35. The van der Waals surface area contributed by atoms with Crippen LogP contribution in [0.2, 0.25) is 0 Å². The Hall–Kier alpha value is -3.75. The summed E-state index contributed by atoms with van der Waals surface area (Å²) >= 11 is 0. The average molecular weight is 476 g/mol. The molecule has 0 heterocycles. The number of amides is 3. The van der Waals surface area contributed by atoms with Gasteiger partial charge in [-0.3, -0.25) is 28.8 Å². The van der Waals surface area contributed by atoms with Gasteiger partial charge in [0.05, 0.1) is 6.04 Å². The van der Waals surface area contributed by atoms with Crippen molar-refractivity contribution >= 4 is 41.6 Å². The third-order valence-electron chi connectivity index (χ3n) is 4.23. The van der Waals surface area contributed by atoms with E-state index in [2.05, 4.69) is 10.6 Å². The summed E-state index contributed by atoms with van der Waals surface area (Å²) in [5.41, 5.74) is 5.42. The van der Waals surface area contributed by atoms with Gasteiger partial charge in [-0.2, -0.15) is 0 Å². The van der Waals surface area contributed by atoms with Gasteiger partial charge in [0.15, 0.2) is 0 Å². The minimum absolute atomic E-state index is 0.372. The molecule has 15 nitrogen and oxygen atoms in total. The highest BCUT2D eigenvalue weighted by atomic mass is 16.4. The Balaban J connectivity index is 5.54. The van der Waals surface area contributed by atoms with Crippen molar-refractivity contribution < 1.29 is 54.0 Å². The van der Waals surface area contributed by atoms with Crippen molar-refractivity contribution in [3.63, 3.8) is 0 Å². The molecular weight excluding hydrogens is 448 g/mol. The lowest BCUT2D eigenvalue weighted by atomic mass is 10.1. The molecule has 0 fully saturated rings. The molecule has 0 aromatic carbocycles. The quantitative estimate of drug-likeness (QED) is 0.115. The monoisotopic (exact) mass is 476 g/mol. The molecule has 0 saturated carbocycles. The molecule has 0 radical (unpaired) electrons. The molecule has 186 valence electrons. The topological polar surface area (TPSA) is 263 Å². The fourth-order valence-electron chi connectivity index (χ4n) is 2.45. The number of carboxylic acid groups (broad SMARTS) is 4. The van der Waals surface area contributed by atoms with E-state index < -0.39 is 97.9 Å². The van der Waals surface area contributed by atoms with Crippen molar-refractivity contribution in [2.24, 2.45) is 5.73 Å². The van der Waals surface area contributed by atoms with Crippen molar-refractivity contribution in [1.82, 2.24) is 16.0 Å². The first-order chi connectivity index (χ1) is 15.2.